The second-order valence-electron chi connectivity index (χ2n) is 6.84. The summed E-state index contributed by atoms with van der Waals surface area (Å²) in [6, 6.07) is 7.86. The van der Waals surface area contributed by atoms with Crippen LogP contribution in [0, 0.1) is 6.92 Å². The van der Waals surface area contributed by atoms with Crippen LogP contribution in [0.1, 0.15) is 52.7 Å². The SMILES string of the molecule is CCN(C(=O)c1oc(C2CC2)nc1C)c1nc2c(s1)COc1ccccc1-2. The topological polar surface area (TPSA) is 68.5 Å². The highest BCUT2D eigenvalue weighted by atomic mass is 32.1. The zero-order chi connectivity index (χ0) is 18.5. The molecule has 0 saturated heterocycles. The summed E-state index contributed by atoms with van der Waals surface area (Å²) in [4.78, 5) is 25.1. The number of nitrogens with zero attached hydrogens (tertiary/aromatic N) is 3. The number of carbonyl (C=O) groups excluding carboxylic acids is 1. The summed E-state index contributed by atoms with van der Waals surface area (Å²) < 4.78 is 11.6. The Bertz CT molecular complexity index is 1040. The Labute approximate surface area is 160 Å². The summed E-state index contributed by atoms with van der Waals surface area (Å²) in [6.07, 6.45) is 2.17. The molecule has 3 heterocycles. The molecule has 0 spiro atoms. The first-order chi connectivity index (χ1) is 13.2. The normalized spacial score (nSPS) is 15.0. The molecule has 0 unspecified atom stereocenters. The van der Waals surface area contributed by atoms with Crippen molar-refractivity contribution < 1.29 is 13.9 Å². The van der Waals surface area contributed by atoms with Crippen LogP contribution < -0.4 is 9.64 Å². The summed E-state index contributed by atoms with van der Waals surface area (Å²) in [5.41, 5.74) is 2.52. The fourth-order valence-corrected chi connectivity index (χ4v) is 4.35. The van der Waals surface area contributed by atoms with Crippen molar-refractivity contribution in [1.82, 2.24) is 9.97 Å². The van der Waals surface area contributed by atoms with Crippen molar-refractivity contribution in [3.63, 3.8) is 0 Å². The molecule has 1 amide bonds. The van der Waals surface area contributed by atoms with Gasteiger partial charge in [-0.25, -0.2) is 9.97 Å². The third-order valence-corrected chi connectivity index (χ3v) is 5.97. The van der Waals surface area contributed by atoms with Crippen LogP contribution in [0.15, 0.2) is 28.7 Å². The van der Waals surface area contributed by atoms with Crippen molar-refractivity contribution in [2.24, 2.45) is 0 Å². The van der Waals surface area contributed by atoms with Crippen molar-refractivity contribution in [3.8, 4) is 17.0 Å². The number of ether oxygens (including phenoxy) is 1. The second-order valence-corrected chi connectivity index (χ2v) is 7.91. The molecule has 5 rings (SSSR count). The molecular formula is C20H19N3O3S. The Balaban J connectivity index is 1.50. The van der Waals surface area contributed by atoms with Crippen LogP contribution in [-0.2, 0) is 6.61 Å². The highest BCUT2D eigenvalue weighted by Crippen LogP contribution is 2.42. The largest absolute Gasteiger partial charge is 0.487 e. The van der Waals surface area contributed by atoms with Crippen molar-refractivity contribution in [3.05, 3.63) is 46.5 Å². The number of thiazole rings is 1. The lowest BCUT2D eigenvalue weighted by atomic mass is 10.1. The Kier molecular flexibility index (Phi) is 3.79. The van der Waals surface area contributed by atoms with Gasteiger partial charge in [-0.3, -0.25) is 9.69 Å². The molecule has 1 aliphatic carbocycles. The summed E-state index contributed by atoms with van der Waals surface area (Å²) in [6.45, 7) is 4.75. The maximum atomic E-state index is 13.1. The van der Waals surface area contributed by atoms with Gasteiger partial charge in [0.25, 0.3) is 5.91 Å². The molecule has 0 bridgehead atoms. The molecule has 6 nitrogen and oxygen atoms in total. The number of amides is 1. The number of oxazole rings is 1. The average molecular weight is 381 g/mol. The first kappa shape index (κ1) is 16.5. The monoisotopic (exact) mass is 381 g/mol. The molecule has 3 aromatic rings. The molecule has 2 aromatic heterocycles. The van der Waals surface area contributed by atoms with Gasteiger partial charge in [-0.15, -0.1) is 0 Å². The Morgan fingerprint density at radius 1 is 1.30 bits per heavy atom. The fourth-order valence-electron chi connectivity index (χ4n) is 3.30. The second kappa shape index (κ2) is 6.20. The van der Waals surface area contributed by atoms with Crippen LogP contribution in [0.2, 0.25) is 0 Å². The van der Waals surface area contributed by atoms with Gasteiger partial charge in [-0.2, -0.15) is 0 Å². The van der Waals surface area contributed by atoms with Gasteiger partial charge in [0.1, 0.15) is 12.4 Å². The highest BCUT2D eigenvalue weighted by molar-refractivity contribution is 7.16. The lowest BCUT2D eigenvalue weighted by molar-refractivity contribution is 0.0959. The number of hydrogen-bond donors (Lipinski definition) is 0. The van der Waals surface area contributed by atoms with E-state index in [4.69, 9.17) is 14.1 Å². The van der Waals surface area contributed by atoms with Gasteiger partial charge < -0.3 is 9.15 Å². The molecular weight excluding hydrogens is 362 g/mol. The van der Waals surface area contributed by atoms with Crippen LogP contribution in [0.3, 0.4) is 0 Å². The third-order valence-electron chi connectivity index (χ3n) is 4.91. The predicted molar refractivity (Wildman–Crippen MR) is 102 cm³/mol. The minimum absolute atomic E-state index is 0.185. The average Bonchev–Trinajstić information content (AvgIpc) is 3.32. The van der Waals surface area contributed by atoms with Gasteiger partial charge in [0, 0.05) is 18.0 Å². The van der Waals surface area contributed by atoms with Crippen molar-refractivity contribution in [1.29, 1.82) is 0 Å². The van der Waals surface area contributed by atoms with Gasteiger partial charge in [0.2, 0.25) is 5.76 Å². The molecule has 1 aromatic carbocycles. The molecule has 0 atom stereocenters. The quantitative estimate of drug-likeness (QED) is 0.663. The fraction of sp³-hybridized carbons (Fsp3) is 0.350. The van der Waals surface area contributed by atoms with E-state index in [0.29, 0.717) is 41.5 Å². The smallest absolute Gasteiger partial charge is 0.297 e. The van der Waals surface area contributed by atoms with E-state index < -0.39 is 0 Å². The number of aryl methyl sites for hydroxylation is 1. The van der Waals surface area contributed by atoms with Crippen molar-refractivity contribution in [2.75, 3.05) is 11.4 Å². The number of rotatable bonds is 4. The minimum atomic E-state index is -0.185. The van der Waals surface area contributed by atoms with Crippen molar-refractivity contribution in [2.45, 2.75) is 39.2 Å². The number of aromatic nitrogens is 2. The molecule has 27 heavy (non-hydrogen) atoms. The van der Waals surface area contributed by atoms with Crippen molar-refractivity contribution >= 4 is 22.4 Å². The first-order valence-electron chi connectivity index (χ1n) is 9.16. The molecule has 2 aliphatic rings. The van der Waals surface area contributed by atoms with Crippen LogP contribution in [0.25, 0.3) is 11.3 Å². The molecule has 1 fully saturated rings. The molecule has 1 saturated carbocycles. The van der Waals surface area contributed by atoms with Gasteiger partial charge in [-0.05, 0) is 38.8 Å². The number of para-hydroxylation sites is 1. The van der Waals surface area contributed by atoms with Gasteiger partial charge >= 0.3 is 0 Å². The third kappa shape index (κ3) is 2.73. The number of benzene rings is 1. The number of hydrogen-bond acceptors (Lipinski definition) is 6. The van der Waals surface area contributed by atoms with E-state index in [1.807, 2.05) is 38.1 Å². The lowest BCUT2D eigenvalue weighted by Gasteiger charge is -2.16. The lowest BCUT2D eigenvalue weighted by Crippen LogP contribution is -2.30. The Morgan fingerprint density at radius 3 is 2.89 bits per heavy atom. The van der Waals surface area contributed by atoms with E-state index in [2.05, 4.69) is 4.98 Å². The zero-order valence-electron chi connectivity index (χ0n) is 15.2. The molecule has 1 aliphatic heterocycles. The highest BCUT2D eigenvalue weighted by Gasteiger charge is 2.33. The summed E-state index contributed by atoms with van der Waals surface area (Å²) in [5, 5.41) is 0.663. The van der Waals surface area contributed by atoms with E-state index in [1.54, 1.807) is 4.90 Å². The van der Waals surface area contributed by atoms with Gasteiger partial charge in [0.05, 0.1) is 16.3 Å². The van der Waals surface area contributed by atoms with Crippen LogP contribution in [0.5, 0.6) is 5.75 Å². The number of carbonyl (C=O) groups is 1. The predicted octanol–water partition coefficient (Wildman–Crippen LogP) is 4.54. The van der Waals surface area contributed by atoms with E-state index in [9.17, 15) is 4.79 Å². The molecule has 138 valence electrons. The maximum Gasteiger partial charge on any atom is 0.297 e. The summed E-state index contributed by atoms with van der Waals surface area (Å²) in [5.74, 6) is 2.03. The maximum absolute atomic E-state index is 13.1. The van der Waals surface area contributed by atoms with E-state index in [-0.39, 0.29) is 5.91 Å². The molecule has 0 radical (unpaired) electrons. The number of fused-ring (bicyclic) bond motifs is 3. The van der Waals surface area contributed by atoms with Gasteiger partial charge in [0.15, 0.2) is 11.0 Å². The van der Waals surface area contributed by atoms with Gasteiger partial charge in [-0.1, -0.05) is 23.5 Å². The molecule has 0 N–H and O–H groups in total. The standard InChI is InChI=1S/C20H19N3O3S/c1-3-23(19(24)17-11(2)21-18(26-17)12-8-9-12)20-22-16-13-6-4-5-7-14(13)25-10-15(16)27-20/h4-7,12H,3,8-10H2,1-2H3. The molecule has 7 heteroatoms. The van der Waals surface area contributed by atoms with Crippen LogP contribution in [0.4, 0.5) is 5.13 Å². The van der Waals surface area contributed by atoms with E-state index in [1.165, 1.54) is 11.3 Å². The van der Waals surface area contributed by atoms with E-state index >= 15 is 0 Å². The first-order valence-corrected chi connectivity index (χ1v) is 9.98. The Morgan fingerprint density at radius 2 is 2.11 bits per heavy atom. The zero-order valence-corrected chi connectivity index (χ0v) is 16.0. The Hall–Kier alpha value is -2.67. The minimum Gasteiger partial charge on any atom is -0.487 e. The number of anilines is 1. The van der Waals surface area contributed by atoms with Crippen LogP contribution >= 0.6 is 11.3 Å². The van der Waals surface area contributed by atoms with Crippen LogP contribution in [-0.4, -0.2) is 22.4 Å². The summed E-state index contributed by atoms with van der Waals surface area (Å²) >= 11 is 1.49. The summed E-state index contributed by atoms with van der Waals surface area (Å²) in [7, 11) is 0. The van der Waals surface area contributed by atoms with E-state index in [0.717, 1.165) is 34.7 Å².